The first-order chi connectivity index (χ1) is 13.9. The molecule has 3 rings (SSSR count). The van der Waals surface area contributed by atoms with Crippen LogP contribution in [0.5, 0.6) is 11.5 Å². The van der Waals surface area contributed by atoms with Crippen molar-refractivity contribution >= 4 is 46.2 Å². The minimum atomic E-state index is -0.232. The molecule has 0 bridgehead atoms. The maximum Gasteiger partial charge on any atom is 0.264 e. The Labute approximate surface area is 179 Å². The molecule has 0 aromatic heterocycles. The Morgan fingerprint density at radius 3 is 2.90 bits per heavy atom. The highest BCUT2D eigenvalue weighted by molar-refractivity contribution is 8.18. The van der Waals surface area contributed by atoms with Gasteiger partial charge in [-0.15, -0.1) is 6.58 Å². The van der Waals surface area contributed by atoms with E-state index in [9.17, 15) is 9.90 Å². The Morgan fingerprint density at radius 1 is 1.38 bits per heavy atom. The van der Waals surface area contributed by atoms with Crippen molar-refractivity contribution < 1.29 is 14.6 Å². The van der Waals surface area contributed by atoms with Crippen molar-refractivity contribution in [2.45, 2.75) is 20.3 Å². The summed E-state index contributed by atoms with van der Waals surface area (Å²) in [5.74, 6) is 0.242. The van der Waals surface area contributed by atoms with Gasteiger partial charge in [-0.05, 0) is 73.5 Å². The first kappa shape index (κ1) is 21.0. The van der Waals surface area contributed by atoms with E-state index in [1.807, 2.05) is 32.0 Å². The lowest BCUT2D eigenvalue weighted by Gasteiger charge is -2.11. The number of nitrogens with one attached hydrogen (secondary N) is 1. The van der Waals surface area contributed by atoms with Crippen molar-refractivity contribution in [2.24, 2.45) is 4.99 Å². The zero-order chi connectivity index (χ0) is 21.0. The van der Waals surface area contributed by atoms with Crippen LogP contribution < -0.4 is 10.1 Å². The third kappa shape index (κ3) is 4.83. The molecule has 0 aliphatic carbocycles. The van der Waals surface area contributed by atoms with Gasteiger partial charge in [0.2, 0.25) is 0 Å². The molecule has 5 nitrogen and oxygen atoms in total. The van der Waals surface area contributed by atoms with Crippen molar-refractivity contribution in [3.63, 3.8) is 0 Å². The second-order valence-corrected chi connectivity index (χ2v) is 7.76. The molecule has 1 aliphatic heterocycles. The van der Waals surface area contributed by atoms with Crippen LogP contribution in [0.1, 0.15) is 23.6 Å². The number of rotatable bonds is 6. The number of aliphatic imine (C=N–C) groups is 1. The van der Waals surface area contributed by atoms with E-state index in [2.05, 4.69) is 16.9 Å². The third-order valence-corrected chi connectivity index (χ3v) is 5.57. The van der Waals surface area contributed by atoms with Crippen molar-refractivity contribution in [2.75, 3.05) is 6.61 Å². The van der Waals surface area contributed by atoms with E-state index in [0.29, 0.717) is 45.1 Å². The fraction of sp³-hybridized carbons (Fsp3) is 0.182. The number of thioether (sulfide) groups is 1. The molecule has 7 heteroatoms. The molecule has 2 aromatic rings. The SMILES string of the molecule is C=CCc1cc(C=C2SC(=Nc3cccc(Cl)c3C)NC2=O)cc(OCC)c1O. The normalized spacial score (nSPS) is 16.3. The number of phenolic OH excluding ortho intramolecular Hbond substituents is 1. The molecule has 1 heterocycles. The van der Waals surface area contributed by atoms with E-state index < -0.39 is 0 Å². The Hall–Kier alpha value is -2.70. The standard InChI is InChI=1S/C22H21ClN2O3S/c1-4-7-15-10-14(11-18(20(15)26)28-5-2)12-19-21(27)25-22(29-19)24-17-9-6-8-16(23)13(17)3/h4,6,8-12,26H,1,5,7H2,2-3H3,(H,24,25,27). The molecule has 29 heavy (non-hydrogen) atoms. The molecule has 2 N–H and O–H groups in total. The number of nitrogens with zero attached hydrogens (tertiary/aromatic N) is 1. The largest absolute Gasteiger partial charge is 0.504 e. The molecule has 0 saturated carbocycles. The Balaban J connectivity index is 1.93. The number of carbonyl (C=O) groups excluding carboxylic acids is 1. The van der Waals surface area contributed by atoms with Crippen molar-refractivity contribution in [3.05, 3.63) is 69.6 Å². The van der Waals surface area contributed by atoms with Crippen molar-refractivity contribution in [1.82, 2.24) is 5.32 Å². The average molecular weight is 429 g/mol. The summed E-state index contributed by atoms with van der Waals surface area (Å²) >= 11 is 7.39. The van der Waals surface area contributed by atoms with E-state index in [0.717, 1.165) is 11.1 Å². The summed E-state index contributed by atoms with van der Waals surface area (Å²) in [5, 5.41) is 14.2. The van der Waals surface area contributed by atoms with Crippen LogP contribution in [0.2, 0.25) is 5.02 Å². The van der Waals surface area contributed by atoms with Gasteiger partial charge in [0, 0.05) is 10.6 Å². The van der Waals surface area contributed by atoms with Gasteiger partial charge in [0.15, 0.2) is 16.7 Å². The number of amides is 1. The minimum Gasteiger partial charge on any atom is -0.504 e. The molecule has 2 aromatic carbocycles. The number of ether oxygens (including phenoxy) is 1. The number of hydrogen-bond donors (Lipinski definition) is 2. The summed E-state index contributed by atoms with van der Waals surface area (Å²) in [6.45, 7) is 7.87. The lowest BCUT2D eigenvalue weighted by Crippen LogP contribution is -2.19. The number of carbonyl (C=O) groups is 1. The van der Waals surface area contributed by atoms with Crippen LogP contribution >= 0.6 is 23.4 Å². The predicted octanol–water partition coefficient (Wildman–Crippen LogP) is 5.37. The first-order valence-electron chi connectivity index (χ1n) is 9.07. The smallest absolute Gasteiger partial charge is 0.264 e. The molecule has 1 aliphatic rings. The van der Waals surface area contributed by atoms with Crippen LogP contribution in [-0.4, -0.2) is 22.8 Å². The summed E-state index contributed by atoms with van der Waals surface area (Å²) in [5.41, 5.74) is 2.99. The lowest BCUT2D eigenvalue weighted by molar-refractivity contribution is -0.115. The minimum absolute atomic E-state index is 0.0936. The average Bonchev–Trinajstić information content (AvgIpc) is 3.02. The molecule has 0 radical (unpaired) electrons. The highest BCUT2D eigenvalue weighted by Crippen LogP contribution is 2.35. The number of allylic oxidation sites excluding steroid dienone is 1. The fourth-order valence-electron chi connectivity index (χ4n) is 2.81. The summed E-state index contributed by atoms with van der Waals surface area (Å²) in [4.78, 5) is 17.4. The van der Waals surface area contributed by atoms with E-state index >= 15 is 0 Å². The lowest BCUT2D eigenvalue weighted by atomic mass is 10.1. The van der Waals surface area contributed by atoms with Crippen molar-refractivity contribution in [3.8, 4) is 11.5 Å². The third-order valence-electron chi connectivity index (χ3n) is 4.25. The van der Waals surface area contributed by atoms with Crippen molar-refractivity contribution in [1.29, 1.82) is 0 Å². The number of hydrogen-bond acceptors (Lipinski definition) is 5. The number of aromatic hydroxyl groups is 1. The van der Waals surface area contributed by atoms with Gasteiger partial charge in [-0.25, -0.2) is 4.99 Å². The molecule has 0 spiro atoms. The molecule has 0 atom stereocenters. The van der Waals surface area contributed by atoms with Gasteiger partial charge in [0.05, 0.1) is 17.2 Å². The van der Waals surface area contributed by atoms with Crippen LogP contribution in [0.15, 0.2) is 52.9 Å². The topological polar surface area (TPSA) is 70.9 Å². The molecule has 150 valence electrons. The second kappa shape index (κ2) is 9.20. The Bertz CT molecular complexity index is 1030. The van der Waals surface area contributed by atoms with Gasteiger partial charge in [0.1, 0.15) is 0 Å². The molecule has 1 saturated heterocycles. The van der Waals surface area contributed by atoms with Gasteiger partial charge in [-0.1, -0.05) is 23.7 Å². The van der Waals surface area contributed by atoms with Crippen LogP contribution in [0.25, 0.3) is 6.08 Å². The quantitative estimate of drug-likeness (QED) is 0.479. The maximum absolute atomic E-state index is 12.4. The van der Waals surface area contributed by atoms with E-state index in [4.69, 9.17) is 16.3 Å². The molecule has 1 amide bonds. The fourth-order valence-corrected chi connectivity index (χ4v) is 3.81. The Morgan fingerprint density at radius 2 is 2.17 bits per heavy atom. The number of benzene rings is 2. The van der Waals surface area contributed by atoms with Gasteiger partial charge >= 0.3 is 0 Å². The van der Waals surface area contributed by atoms with Crippen LogP contribution in [0, 0.1) is 6.92 Å². The summed E-state index contributed by atoms with van der Waals surface area (Å²) < 4.78 is 5.52. The summed E-state index contributed by atoms with van der Waals surface area (Å²) in [7, 11) is 0. The molecule has 1 fully saturated rings. The zero-order valence-corrected chi connectivity index (χ0v) is 17.7. The highest BCUT2D eigenvalue weighted by atomic mass is 35.5. The molecular formula is C22H21ClN2O3S. The highest BCUT2D eigenvalue weighted by Gasteiger charge is 2.24. The molecular weight excluding hydrogens is 408 g/mol. The number of amidine groups is 1. The summed E-state index contributed by atoms with van der Waals surface area (Å²) in [6.07, 6.45) is 3.95. The van der Waals surface area contributed by atoms with E-state index in [-0.39, 0.29) is 11.7 Å². The zero-order valence-electron chi connectivity index (χ0n) is 16.2. The van der Waals surface area contributed by atoms with Crippen LogP contribution in [0.3, 0.4) is 0 Å². The predicted molar refractivity (Wildman–Crippen MR) is 120 cm³/mol. The maximum atomic E-state index is 12.4. The number of halogens is 1. The van der Waals surface area contributed by atoms with Gasteiger partial charge in [-0.3, -0.25) is 4.79 Å². The van der Waals surface area contributed by atoms with E-state index in [1.54, 1.807) is 24.3 Å². The van der Waals surface area contributed by atoms with Crippen LogP contribution in [-0.2, 0) is 11.2 Å². The Kier molecular flexibility index (Phi) is 6.67. The van der Waals surface area contributed by atoms with Gasteiger partial charge in [0.25, 0.3) is 5.91 Å². The molecule has 0 unspecified atom stereocenters. The van der Waals surface area contributed by atoms with Crippen LogP contribution in [0.4, 0.5) is 5.69 Å². The monoisotopic (exact) mass is 428 g/mol. The van der Waals surface area contributed by atoms with Gasteiger partial charge in [-0.2, -0.15) is 0 Å². The first-order valence-corrected chi connectivity index (χ1v) is 10.3. The second-order valence-electron chi connectivity index (χ2n) is 6.32. The summed E-state index contributed by atoms with van der Waals surface area (Å²) in [6, 6.07) is 8.99. The van der Waals surface area contributed by atoms with E-state index in [1.165, 1.54) is 11.8 Å². The van der Waals surface area contributed by atoms with Gasteiger partial charge < -0.3 is 15.2 Å². The number of phenols is 1.